The molecule has 1 amide bonds. The van der Waals surface area contributed by atoms with E-state index in [2.05, 4.69) is 20.3 Å². The van der Waals surface area contributed by atoms with Gasteiger partial charge in [-0.2, -0.15) is 11.3 Å². The molecule has 8 nitrogen and oxygen atoms in total. The summed E-state index contributed by atoms with van der Waals surface area (Å²) in [7, 11) is 1.52. The Labute approximate surface area is 175 Å². The molecule has 4 aromatic rings. The van der Waals surface area contributed by atoms with Crippen LogP contribution in [0.2, 0.25) is 0 Å². The highest BCUT2D eigenvalue weighted by atomic mass is 32.1. The van der Waals surface area contributed by atoms with Gasteiger partial charge in [0.1, 0.15) is 12.4 Å². The minimum atomic E-state index is -0.484. The second-order valence-corrected chi connectivity index (χ2v) is 7.18. The fraction of sp³-hybridized carbons (Fsp3) is 0.143. The number of benzene rings is 1. The number of amides is 1. The zero-order valence-electron chi connectivity index (χ0n) is 16.0. The smallest absolute Gasteiger partial charge is 0.287 e. The highest BCUT2D eigenvalue weighted by Crippen LogP contribution is 2.16. The van der Waals surface area contributed by atoms with Crippen molar-refractivity contribution in [3.63, 3.8) is 0 Å². The van der Waals surface area contributed by atoms with Gasteiger partial charge in [0.05, 0.1) is 18.0 Å². The lowest BCUT2D eigenvalue weighted by atomic mass is 10.2. The van der Waals surface area contributed by atoms with Gasteiger partial charge >= 0.3 is 0 Å². The number of carbonyl (C=O) groups excluding carboxylic acids is 1. The molecule has 0 bridgehead atoms. The highest BCUT2D eigenvalue weighted by Gasteiger charge is 2.12. The molecule has 4 rings (SSSR count). The van der Waals surface area contributed by atoms with Crippen LogP contribution in [-0.4, -0.2) is 28.0 Å². The summed E-state index contributed by atoms with van der Waals surface area (Å²) in [5.74, 6) is 0.476. The number of pyridine rings is 1. The zero-order valence-corrected chi connectivity index (χ0v) is 16.9. The highest BCUT2D eigenvalue weighted by molar-refractivity contribution is 7.07. The monoisotopic (exact) mass is 422 g/mol. The van der Waals surface area contributed by atoms with Crippen molar-refractivity contribution in [2.75, 3.05) is 7.11 Å². The van der Waals surface area contributed by atoms with E-state index in [1.54, 1.807) is 47.9 Å². The second-order valence-electron chi connectivity index (χ2n) is 6.40. The molecular formula is C21H18N4O4S. The van der Waals surface area contributed by atoms with Crippen LogP contribution in [0.4, 0.5) is 0 Å². The van der Waals surface area contributed by atoms with Crippen molar-refractivity contribution in [2.24, 2.45) is 0 Å². The van der Waals surface area contributed by atoms with E-state index in [1.807, 2.05) is 16.8 Å². The van der Waals surface area contributed by atoms with Gasteiger partial charge in [0.15, 0.2) is 5.82 Å². The molecule has 0 aliphatic heterocycles. The normalized spacial score (nSPS) is 10.7. The third-order valence-corrected chi connectivity index (χ3v) is 5.08. The molecule has 0 atom stereocenters. The van der Waals surface area contributed by atoms with Crippen molar-refractivity contribution in [1.29, 1.82) is 0 Å². The number of H-pyrrole nitrogens is 1. The number of aromatic amines is 1. The average Bonchev–Trinajstić information content (AvgIpc) is 3.30. The van der Waals surface area contributed by atoms with Crippen molar-refractivity contribution in [2.45, 2.75) is 13.2 Å². The van der Waals surface area contributed by atoms with Gasteiger partial charge < -0.3 is 19.8 Å². The molecular weight excluding hydrogens is 404 g/mol. The Morgan fingerprint density at radius 1 is 1.20 bits per heavy atom. The average molecular weight is 422 g/mol. The number of aromatic nitrogens is 3. The molecule has 9 heteroatoms. The van der Waals surface area contributed by atoms with Crippen molar-refractivity contribution in [3.8, 4) is 11.6 Å². The van der Waals surface area contributed by atoms with Gasteiger partial charge in [-0.1, -0.05) is 0 Å². The summed E-state index contributed by atoms with van der Waals surface area (Å²) in [6, 6.07) is 10.4. The van der Waals surface area contributed by atoms with E-state index in [0.29, 0.717) is 29.1 Å². The van der Waals surface area contributed by atoms with E-state index in [1.165, 1.54) is 7.11 Å². The van der Waals surface area contributed by atoms with Crippen molar-refractivity contribution in [3.05, 3.63) is 80.7 Å². The maximum absolute atomic E-state index is 12.5. The Morgan fingerprint density at radius 2 is 2.10 bits per heavy atom. The molecule has 3 aromatic heterocycles. The lowest BCUT2D eigenvalue weighted by Gasteiger charge is -2.08. The summed E-state index contributed by atoms with van der Waals surface area (Å²) < 4.78 is 10.8. The van der Waals surface area contributed by atoms with Gasteiger partial charge in [0.25, 0.3) is 11.5 Å². The van der Waals surface area contributed by atoms with Crippen LogP contribution in [0.5, 0.6) is 11.6 Å². The quantitative estimate of drug-likeness (QED) is 0.474. The third-order valence-electron chi connectivity index (χ3n) is 4.35. The van der Waals surface area contributed by atoms with Gasteiger partial charge in [-0.3, -0.25) is 9.59 Å². The van der Waals surface area contributed by atoms with Crippen LogP contribution in [0.25, 0.3) is 10.9 Å². The molecule has 0 saturated carbocycles. The van der Waals surface area contributed by atoms with Crippen molar-refractivity contribution >= 4 is 28.1 Å². The van der Waals surface area contributed by atoms with Gasteiger partial charge in [-0.05, 0) is 46.7 Å². The van der Waals surface area contributed by atoms with Gasteiger partial charge in [0, 0.05) is 24.4 Å². The Kier molecular flexibility index (Phi) is 5.71. The van der Waals surface area contributed by atoms with Gasteiger partial charge in [-0.25, -0.2) is 9.97 Å². The number of thiophene rings is 1. The van der Waals surface area contributed by atoms with E-state index in [9.17, 15) is 9.59 Å². The summed E-state index contributed by atoms with van der Waals surface area (Å²) in [4.78, 5) is 35.7. The fourth-order valence-corrected chi connectivity index (χ4v) is 3.44. The molecule has 1 aromatic carbocycles. The number of hydrogen-bond donors (Lipinski definition) is 2. The molecule has 0 fully saturated rings. The van der Waals surface area contributed by atoms with Gasteiger partial charge in [-0.15, -0.1) is 0 Å². The van der Waals surface area contributed by atoms with Crippen LogP contribution in [0, 0.1) is 0 Å². The maximum Gasteiger partial charge on any atom is 0.287 e. The van der Waals surface area contributed by atoms with Crippen molar-refractivity contribution < 1.29 is 14.3 Å². The number of fused-ring (bicyclic) bond motifs is 1. The molecule has 0 radical (unpaired) electrons. The summed E-state index contributed by atoms with van der Waals surface area (Å²) >= 11 is 1.61. The SMILES string of the molecule is COc1ccc2nc(C(=O)NCc3ccnc(OCc4ccsc4)c3)[nH]c(=O)c2c1. The lowest BCUT2D eigenvalue weighted by Crippen LogP contribution is -2.27. The largest absolute Gasteiger partial charge is 0.497 e. The van der Waals surface area contributed by atoms with Crippen LogP contribution in [0.1, 0.15) is 21.7 Å². The van der Waals surface area contributed by atoms with E-state index in [0.717, 1.165) is 11.1 Å². The molecule has 0 unspecified atom stereocenters. The van der Waals surface area contributed by atoms with Crippen LogP contribution >= 0.6 is 11.3 Å². The Hall–Kier alpha value is -3.72. The maximum atomic E-state index is 12.5. The number of hydrogen-bond acceptors (Lipinski definition) is 7. The second kappa shape index (κ2) is 8.75. The first kappa shape index (κ1) is 19.6. The van der Waals surface area contributed by atoms with Gasteiger partial charge in [0.2, 0.25) is 5.88 Å². The summed E-state index contributed by atoms with van der Waals surface area (Å²) in [5.41, 5.74) is 1.89. The van der Waals surface area contributed by atoms with Crippen LogP contribution in [0.15, 0.2) is 58.1 Å². The molecule has 30 heavy (non-hydrogen) atoms. The van der Waals surface area contributed by atoms with E-state index in [-0.39, 0.29) is 12.4 Å². The minimum Gasteiger partial charge on any atom is -0.497 e. The molecule has 152 valence electrons. The molecule has 2 N–H and O–H groups in total. The first-order valence-electron chi connectivity index (χ1n) is 9.07. The summed E-state index contributed by atoms with van der Waals surface area (Å²) in [6.07, 6.45) is 1.62. The van der Waals surface area contributed by atoms with Crippen molar-refractivity contribution in [1.82, 2.24) is 20.3 Å². The van der Waals surface area contributed by atoms with Crippen LogP contribution in [0.3, 0.4) is 0 Å². The molecule has 3 heterocycles. The number of carbonyl (C=O) groups is 1. The number of ether oxygens (including phenoxy) is 2. The van der Waals surface area contributed by atoms with Crippen LogP contribution < -0.4 is 20.3 Å². The number of nitrogens with zero attached hydrogens (tertiary/aromatic N) is 2. The third kappa shape index (κ3) is 4.47. The van der Waals surface area contributed by atoms with E-state index in [4.69, 9.17) is 9.47 Å². The molecule has 0 saturated heterocycles. The zero-order chi connectivity index (χ0) is 20.9. The fourth-order valence-electron chi connectivity index (χ4n) is 2.79. The molecule has 0 spiro atoms. The Bertz CT molecular complexity index is 1240. The minimum absolute atomic E-state index is 0.0549. The number of rotatable bonds is 7. The number of nitrogens with one attached hydrogen (secondary N) is 2. The van der Waals surface area contributed by atoms with Crippen LogP contribution in [-0.2, 0) is 13.2 Å². The van der Waals surface area contributed by atoms with E-state index >= 15 is 0 Å². The number of methoxy groups -OCH3 is 1. The topological polar surface area (TPSA) is 106 Å². The Balaban J connectivity index is 1.43. The first-order chi connectivity index (χ1) is 14.6. The molecule has 0 aliphatic rings. The summed E-state index contributed by atoms with van der Waals surface area (Å²) in [6.45, 7) is 0.667. The predicted octanol–water partition coefficient (Wildman–Crippen LogP) is 2.90. The standard InChI is InChI=1S/C21H18N4O4S/c1-28-15-2-3-17-16(9-15)20(26)25-19(24-17)21(27)23-10-13-4-6-22-18(8-13)29-11-14-5-7-30-12-14/h2-9,12H,10-11H2,1H3,(H,23,27)(H,24,25,26). The molecule has 0 aliphatic carbocycles. The van der Waals surface area contributed by atoms with E-state index < -0.39 is 11.5 Å². The first-order valence-corrected chi connectivity index (χ1v) is 10.0. The predicted molar refractivity (Wildman–Crippen MR) is 113 cm³/mol. The summed E-state index contributed by atoms with van der Waals surface area (Å²) in [5, 5.41) is 7.10. The Morgan fingerprint density at radius 3 is 2.90 bits per heavy atom. The lowest BCUT2D eigenvalue weighted by molar-refractivity contribution is 0.0940.